The summed E-state index contributed by atoms with van der Waals surface area (Å²) >= 11 is 1.79. The van der Waals surface area contributed by atoms with Gasteiger partial charge in [0, 0.05) is 10.9 Å². The van der Waals surface area contributed by atoms with E-state index in [0.717, 1.165) is 23.3 Å². The van der Waals surface area contributed by atoms with Crippen molar-refractivity contribution in [2.45, 2.75) is 39.3 Å². The van der Waals surface area contributed by atoms with E-state index >= 15 is 0 Å². The summed E-state index contributed by atoms with van der Waals surface area (Å²) in [7, 11) is 0. The van der Waals surface area contributed by atoms with E-state index in [1.165, 1.54) is 10.4 Å². The quantitative estimate of drug-likeness (QED) is 0.790. The number of nitrogens with zero attached hydrogens (tertiary/aromatic N) is 2. The number of benzene rings is 1. The molecule has 2 heterocycles. The smallest absolute Gasteiger partial charge is 0.107 e. The zero-order chi connectivity index (χ0) is 15.0. The van der Waals surface area contributed by atoms with Crippen LogP contribution in [0.5, 0.6) is 0 Å². The molecule has 1 aromatic carbocycles. The van der Waals surface area contributed by atoms with Gasteiger partial charge in [-0.3, -0.25) is 0 Å². The molecule has 3 rings (SSSR count). The Balaban J connectivity index is 2.24. The molecule has 3 nitrogen and oxygen atoms in total. The lowest BCUT2D eigenvalue weighted by Gasteiger charge is -2.26. The minimum atomic E-state index is 0.0821. The van der Waals surface area contributed by atoms with Gasteiger partial charge in [0.05, 0.1) is 17.1 Å². The standard InChI is InChI=1S/C17H21N3S/c1-4-13(18)16(17-11(2)9-10-21-17)20-12(3)19-14-7-5-6-8-15(14)20/h5-10,13,16H,4,18H2,1-3H3. The normalized spacial score (nSPS) is 14.5. The zero-order valence-corrected chi connectivity index (χ0v) is 13.5. The molecule has 2 atom stereocenters. The average Bonchev–Trinajstić information content (AvgIpc) is 3.04. The predicted octanol–water partition coefficient (Wildman–Crippen LogP) is 4.04. The van der Waals surface area contributed by atoms with Crippen LogP contribution in [0.15, 0.2) is 35.7 Å². The third kappa shape index (κ3) is 2.39. The minimum Gasteiger partial charge on any atom is -0.326 e. The van der Waals surface area contributed by atoms with Crippen LogP contribution < -0.4 is 5.73 Å². The first-order valence-corrected chi connectivity index (χ1v) is 8.24. The van der Waals surface area contributed by atoms with Crippen molar-refractivity contribution in [3.8, 4) is 0 Å². The first kappa shape index (κ1) is 14.3. The number of nitrogens with two attached hydrogens (primary N) is 1. The second-order valence-electron chi connectivity index (χ2n) is 5.50. The molecule has 0 spiro atoms. The predicted molar refractivity (Wildman–Crippen MR) is 89.9 cm³/mol. The Labute approximate surface area is 129 Å². The fourth-order valence-electron chi connectivity index (χ4n) is 2.93. The van der Waals surface area contributed by atoms with E-state index in [4.69, 9.17) is 10.7 Å². The number of imidazole rings is 1. The molecule has 2 unspecified atom stereocenters. The molecule has 3 aromatic rings. The van der Waals surface area contributed by atoms with Crippen LogP contribution in [0.2, 0.25) is 0 Å². The fraction of sp³-hybridized carbons (Fsp3) is 0.353. The van der Waals surface area contributed by atoms with Crippen molar-refractivity contribution in [3.63, 3.8) is 0 Å². The molecule has 0 saturated carbocycles. The molecule has 0 saturated heterocycles. The number of thiophene rings is 1. The number of rotatable bonds is 4. The zero-order valence-electron chi connectivity index (χ0n) is 12.7. The first-order chi connectivity index (χ1) is 10.1. The SMILES string of the molecule is CCC(N)C(c1sccc1C)n1c(C)nc2ccccc21. The Morgan fingerprint density at radius 3 is 2.67 bits per heavy atom. The molecular weight excluding hydrogens is 278 g/mol. The van der Waals surface area contributed by atoms with Gasteiger partial charge in [-0.1, -0.05) is 19.1 Å². The number of para-hydroxylation sites is 2. The van der Waals surface area contributed by atoms with Gasteiger partial charge in [-0.2, -0.15) is 0 Å². The Bertz CT molecular complexity index is 756. The van der Waals surface area contributed by atoms with Gasteiger partial charge < -0.3 is 10.3 Å². The van der Waals surface area contributed by atoms with Crippen LogP contribution in [-0.4, -0.2) is 15.6 Å². The molecule has 110 valence electrons. The molecule has 0 aliphatic heterocycles. The van der Waals surface area contributed by atoms with E-state index in [2.05, 4.69) is 55.0 Å². The second kappa shape index (κ2) is 5.62. The highest BCUT2D eigenvalue weighted by molar-refractivity contribution is 7.10. The summed E-state index contributed by atoms with van der Waals surface area (Å²) in [6.07, 6.45) is 0.938. The van der Waals surface area contributed by atoms with Gasteiger partial charge in [0.15, 0.2) is 0 Å². The number of aryl methyl sites for hydroxylation is 2. The number of hydrogen-bond acceptors (Lipinski definition) is 3. The Morgan fingerprint density at radius 1 is 1.24 bits per heavy atom. The highest BCUT2D eigenvalue weighted by atomic mass is 32.1. The summed E-state index contributed by atoms with van der Waals surface area (Å²) in [6, 6.07) is 10.7. The summed E-state index contributed by atoms with van der Waals surface area (Å²) in [6.45, 7) is 6.38. The summed E-state index contributed by atoms with van der Waals surface area (Å²) in [5.41, 5.74) is 10.0. The van der Waals surface area contributed by atoms with Gasteiger partial charge in [0.2, 0.25) is 0 Å². The van der Waals surface area contributed by atoms with Crippen LogP contribution in [0.4, 0.5) is 0 Å². The van der Waals surface area contributed by atoms with Crippen molar-refractivity contribution in [1.29, 1.82) is 0 Å². The highest BCUT2D eigenvalue weighted by Gasteiger charge is 2.26. The number of fused-ring (bicyclic) bond motifs is 1. The first-order valence-electron chi connectivity index (χ1n) is 7.36. The van der Waals surface area contributed by atoms with Crippen molar-refractivity contribution in [1.82, 2.24) is 9.55 Å². The lowest BCUT2D eigenvalue weighted by molar-refractivity contribution is 0.465. The van der Waals surface area contributed by atoms with Crippen molar-refractivity contribution in [3.05, 3.63) is 52.0 Å². The number of aromatic nitrogens is 2. The molecule has 4 heteroatoms. The molecule has 0 bridgehead atoms. The molecular formula is C17H21N3S. The van der Waals surface area contributed by atoms with E-state index in [1.54, 1.807) is 11.3 Å². The largest absolute Gasteiger partial charge is 0.326 e. The van der Waals surface area contributed by atoms with Crippen LogP contribution in [0.25, 0.3) is 11.0 Å². The van der Waals surface area contributed by atoms with Gasteiger partial charge in [0.1, 0.15) is 5.82 Å². The third-order valence-electron chi connectivity index (χ3n) is 4.10. The van der Waals surface area contributed by atoms with Crippen LogP contribution in [-0.2, 0) is 0 Å². The van der Waals surface area contributed by atoms with E-state index in [0.29, 0.717) is 0 Å². The van der Waals surface area contributed by atoms with Crippen LogP contribution in [0.1, 0.15) is 35.7 Å². The summed E-state index contributed by atoms with van der Waals surface area (Å²) in [5, 5.41) is 2.15. The molecule has 0 aliphatic rings. The molecule has 0 amide bonds. The van der Waals surface area contributed by atoms with E-state index in [9.17, 15) is 0 Å². The summed E-state index contributed by atoms with van der Waals surface area (Å²) < 4.78 is 2.31. The highest BCUT2D eigenvalue weighted by Crippen LogP contribution is 2.33. The molecule has 0 aliphatic carbocycles. The van der Waals surface area contributed by atoms with Gasteiger partial charge >= 0.3 is 0 Å². The van der Waals surface area contributed by atoms with Crippen LogP contribution in [0, 0.1) is 13.8 Å². The fourth-order valence-corrected chi connectivity index (χ4v) is 4.02. The van der Waals surface area contributed by atoms with Crippen LogP contribution in [0.3, 0.4) is 0 Å². The van der Waals surface area contributed by atoms with Crippen molar-refractivity contribution in [2.75, 3.05) is 0 Å². The molecule has 0 radical (unpaired) electrons. The van der Waals surface area contributed by atoms with Crippen molar-refractivity contribution < 1.29 is 0 Å². The third-order valence-corrected chi connectivity index (χ3v) is 5.19. The lowest BCUT2D eigenvalue weighted by Crippen LogP contribution is -2.33. The van der Waals surface area contributed by atoms with E-state index < -0.39 is 0 Å². The van der Waals surface area contributed by atoms with Gasteiger partial charge in [-0.15, -0.1) is 11.3 Å². The monoisotopic (exact) mass is 299 g/mol. The van der Waals surface area contributed by atoms with E-state index in [1.807, 2.05) is 6.07 Å². The van der Waals surface area contributed by atoms with Crippen molar-refractivity contribution >= 4 is 22.4 Å². The lowest BCUT2D eigenvalue weighted by atomic mass is 10.0. The Kier molecular flexibility index (Phi) is 3.83. The summed E-state index contributed by atoms with van der Waals surface area (Å²) in [5.74, 6) is 1.03. The molecule has 21 heavy (non-hydrogen) atoms. The molecule has 2 N–H and O–H groups in total. The van der Waals surface area contributed by atoms with Crippen LogP contribution >= 0.6 is 11.3 Å². The maximum absolute atomic E-state index is 6.49. The maximum Gasteiger partial charge on any atom is 0.107 e. The Morgan fingerprint density at radius 2 is 2.00 bits per heavy atom. The molecule has 0 fully saturated rings. The Hall–Kier alpha value is -1.65. The second-order valence-corrected chi connectivity index (χ2v) is 6.45. The molecule has 2 aromatic heterocycles. The summed E-state index contributed by atoms with van der Waals surface area (Å²) in [4.78, 5) is 6.05. The minimum absolute atomic E-state index is 0.0821. The van der Waals surface area contributed by atoms with Gasteiger partial charge in [0.25, 0.3) is 0 Å². The topological polar surface area (TPSA) is 43.8 Å². The van der Waals surface area contributed by atoms with E-state index in [-0.39, 0.29) is 12.1 Å². The maximum atomic E-state index is 6.49. The number of hydrogen-bond donors (Lipinski definition) is 1. The van der Waals surface area contributed by atoms with Crippen molar-refractivity contribution in [2.24, 2.45) is 5.73 Å². The average molecular weight is 299 g/mol. The van der Waals surface area contributed by atoms with Gasteiger partial charge in [-0.05, 0) is 49.4 Å². The van der Waals surface area contributed by atoms with Gasteiger partial charge in [-0.25, -0.2) is 4.98 Å².